The fourth-order valence-electron chi connectivity index (χ4n) is 1.67. The molecule has 0 spiro atoms. The monoisotopic (exact) mass is 330 g/mol. The number of carbonyl (C=O) groups is 1. The molecule has 3 N–H and O–H groups in total. The molecule has 0 aromatic heterocycles. The SMILES string of the molecule is C=CC=CC=CC=CC=CC=CC=CCC(O)CC(O)CC(=O)O. The Kier molecular flexibility index (Phi) is 13.9. The Morgan fingerprint density at radius 3 is 1.71 bits per heavy atom. The molecule has 0 bridgehead atoms. The highest BCUT2D eigenvalue weighted by atomic mass is 16.4. The van der Waals surface area contributed by atoms with Gasteiger partial charge < -0.3 is 15.3 Å². The molecule has 2 atom stereocenters. The lowest BCUT2D eigenvalue weighted by atomic mass is 10.1. The minimum absolute atomic E-state index is 0.0561. The van der Waals surface area contributed by atoms with Gasteiger partial charge in [-0.15, -0.1) is 0 Å². The van der Waals surface area contributed by atoms with E-state index in [1.165, 1.54) is 0 Å². The minimum atomic E-state index is -1.07. The zero-order valence-corrected chi connectivity index (χ0v) is 13.7. The Morgan fingerprint density at radius 2 is 1.25 bits per heavy atom. The molecule has 0 aliphatic rings. The summed E-state index contributed by atoms with van der Waals surface area (Å²) in [5, 5.41) is 27.5. The largest absolute Gasteiger partial charge is 0.481 e. The van der Waals surface area contributed by atoms with Crippen LogP contribution in [0.4, 0.5) is 0 Å². The lowest BCUT2D eigenvalue weighted by Gasteiger charge is -2.11. The Labute approximate surface area is 143 Å². The predicted molar refractivity (Wildman–Crippen MR) is 98.5 cm³/mol. The summed E-state index contributed by atoms with van der Waals surface area (Å²) in [5.74, 6) is -1.07. The summed E-state index contributed by atoms with van der Waals surface area (Å²) in [4.78, 5) is 10.4. The number of hydrogen-bond acceptors (Lipinski definition) is 3. The lowest BCUT2D eigenvalue weighted by Crippen LogP contribution is -2.20. The molecule has 2 unspecified atom stereocenters. The van der Waals surface area contributed by atoms with Gasteiger partial charge in [-0.05, 0) is 6.42 Å². The first-order valence-corrected chi connectivity index (χ1v) is 7.75. The van der Waals surface area contributed by atoms with Crippen LogP contribution in [0.2, 0.25) is 0 Å². The molecule has 0 rings (SSSR count). The smallest absolute Gasteiger partial charge is 0.305 e. The Bertz CT molecular complexity index is 522. The predicted octanol–water partition coefficient (Wildman–Crippen LogP) is 3.49. The van der Waals surface area contributed by atoms with Gasteiger partial charge in [0, 0.05) is 6.42 Å². The van der Waals surface area contributed by atoms with Crippen LogP contribution in [0.25, 0.3) is 0 Å². The minimum Gasteiger partial charge on any atom is -0.481 e. The van der Waals surface area contributed by atoms with Crippen LogP contribution in [-0.2, 0) is 4.79 Å². The first-order chi connectivity index (χ1) is 11.6. The van der Waals surface area contributed by atoms with Crippen molar-refractivity contribution in [3.8, 4) is 0 Å². The van der Waals surface area contributed by atoms with Gasteiger partial charge in [-0.2, -0.15) is 0 Å². The van der Waals surface area contributed by atoms with Crippen LogP contribution >= 0.6 is 0 Å². The summed E-state index contributed by atoms with van der Waals surface area (Å²) in [6.45, 7) is 3.57. The third kappa shape index (κ3) is 15.9. The zero-order chi connectivity index (χ0) is 18.0. The van der Waals surface area contributed by atoms with E-state index in [1.807, 2.05) is 60.8 Å². The van der Waals surface area contributed by atoms with Crippen molar-refractivity contribution in [1.82, 2.24) is 0 Å². The first kappa shape index (κ1) is 21.6. The highest BCUT2D eigenvalue weighted by Crippen LogP contribution is 2.06. The van der Waals surface area contributed by atoms with Gasteiger partial charge in [-0.25, -0.2) is 0 Å². The molecular formula is C20H26O4. The standard InChI is InChI=1S/C20H26O4/c1-2-3-4-5-6-7-8-9-10-11-12-13-14-15-18(21)16-19(22)17-20(23)24/h2-14,18-19,21-22H,1,15-17H2,(H,23,24). The summed E-state index contributed by atoms with van der Waals surface area (Å²) >= 11 is 0. The maximum atomic E-state index is 10.4. The molecule has 0 heterocycles. The molecular weight excluding hydrogens is 304 g/mol. The molecule has 0 saturated carbocycles. The Balaban J connectivity index is 3.91. The summed E-state index contributed by atoms with van der Waals surface area (Å²) in [6.07, 6.45) is 22.4. The molecule has 0 aliphatic carbocycles. The van der Waals surface area contributed by atoms with Crippen LogP contribution in [0.5, 0.6) is 0 Å². The van der Waals surface area contributed by atoms with E-state index in [1.54, 1.807) is 18.2 Å². The average Bonchev–Trinajstić information content (AvgIpc) is 2.51. The second-order valence-electron chi connectivity index (χ2n) is 4.97. The van der Waals surface area contributed by atoms with E-state index in [0.29, 0.717) is 6.42 Å². The van der Waals surface area contributed by atoms with Gasteiger partial charge in [0.2, 0.25) is 0 Å². The second-order valence-corrected chi connectivity index (χ2v) is 4.97. The zero-order valence-electron chi connectivity index (χ0n) is 13.7. The number of carboxylic acids is 1. The average molecular weight is 330 g/mol. The van der Waals surface area contributed by atoms with Crippen molar-refractivity contribution >= 4 is 5.97 Å². The van der Waals surface area contributed by atoms with Gasteiger partial charge in [-0.3, -0.25) is 4.79 Å². The summed E-state index contributed by atoms with van der Waals surface area (Å²) < 4.78 is 0. The fraction of sp³-hybridized carbons (Fsp3) is 0.250. The summed E-state index contributed by atoms with van der Waals surface area (Å²) in [6, 6.07) is 0. The first-order valence-electron chi connectivity index (χ1n) is 7.75. The van der Waals surface area contributed by atoms with E-state index in [0.717, 1.165) is 0 Å². The van der Waals surface area contributed by atoms with Crippen LogP contribution < -0.4 is 0 Å². The van der Waals surface area contributed by atoms with Crippen molar-refractivity contribution in [3.63, 3.8) is 0 Å². The molecule has 0 aromatic rings. The molecule has 0 radical (unpaired) electrons. The van der Waals surface area contributed by atoms with Crippen LogP contribution in [0.1, 0.15) is 19.3 Å². The number of rotatable bonds is 12. The Morgan fingerprint density at radius 1 is 0.792 bits per heavy atom. The fourth-order valence-corrected chi connectivity index (χ4v) is 1.67. The number of aliphatic hydroxyl groups is 2. The molecule has 0 aromatic carbocycles. The van der Waals surface area contributed by atoms with Crippen LogP contribution in [0.15, 0.2) is 85.6 Å². The van der Waals surface area contributed by atoms with Crippen molar-refractivity contribution in [1.29, 1.82) is 0 Å². The van der Waals surface area contributed by atoms with Crippen LogP contribution in [0, 0.1) is 0 Å². The van der Waals surface area contributed by atoms with E-state index >= 15 is 0 Å². The molecule has 4 heteroatoms. The number of aliphatic carboxylic acids is 1. The molecule has 4 nitrogen and oxygen atoms in total. The summed E-state index contributed by atoms with van der Waals surface area (Å²) in [5.41, 5.74) is 0. The molecule has 0 aliphatic heterocycles. The van der Waals surface area contributed by atoms with Crippen molar-refractivity contribution in [2.75, 3.05) is 0 Å². The highest BCUT2D eigenvalue weighted by molar-refractivity contribution is 5.67. The van der Waals surface area contributed by atoms with Gasteiger partial charge in [0.25, 0.3) is 0 Å². The molecule has 0 saturated heterocycles. The number of aliphatic hydroxyl groups excluding tert-OH is 2. The van der Waals surface area contributed by atoms with Crippen molar-refractivity contribution < 1.29 is 20.1 Å². The van der Waals surface area contributed by atoms with Gasteiger partial charge in [0.15, 0.2) is 0 Å². The van der Waals surface area contributed by atoms with E-state index in [2.05, 4.69) is 6.58 Å². The van der Waals surface area contributed by atoms with Crippen molar-refractivity contribution in [2.24, 2.45) is 0 Å². The number of carboxylic acid groups (broad SMARTS) is 1. The maximum absolute atomic E-state index is 10.4. The second kappa shape index (κ2) is 15.5. The normalized spacial score (nSPS) is 15.6. The highest BCUT2D eigenvalue weighted by Gasteiger charge is 2.13. The van der Waals surface area contributed by atoms with Crippen molar-refractivity contribution in [3.05, 3.63) is 85.6 Å². The molecule has 130 valence electrons. The van der Waals surface area contributed by atoms with E-state index < -0.39 is 18.2 Å². The number of allylic oxidation sites excluding steroid dienone is 12. The van der Waals surface area contributed by atoms with E-state index in [-0.39, 0.29) is 12.8 Å². The maximum Gasteiger partial charge on any atom is 0.305 e. The van der Waals surface area contributed by atoms with Gasteiger partial charge in [-0.1, -0.05) is 85.6 Å². The third-order valence-corrected chi connectivity index (χ3v) is 2.75. The van der Waals surface area contributed by atoms with Gasteiger partial charge >= 0.3 is 5.97 Å². The van der Waals surface area contributed by atoms with E-state index in [9.17, 15) is 15.0 Å². The number of hydrogen-bond donors (Lipinski definition) is 3. The molecule has 0 fully saturated rings. The summed E-state index contributed by atoms with van der Waals surface area (Å²) in [7, 11) is 0. The quantitative estimate of drug-likeness (QED) is 0.479. The topological polar surface area (TPSA) is 77.8 Å². The van der Waals surface area contributed by atoms with Crippen LogP contribution in [-0.4, -0.2) is 33.5 Å². The molecule has 24 heavy (non-hydrogen) atoms. The van der Waals surface area contributed by atoms with E-state index in [4.69, 9.17) is 5.11 Å². The molecule has 0 amide bonds. The van der Waals surface area contributed by atoms with Crippen LogP contribution in [0.3, 0.4) is 0 Å². The van der Waals surface area contributed by atoms with Gasteiger partial charge in [0.05, 0.1) is 18.6 Å². The lowest BCUT2D eigenvalue weighted by molar-refractivity contribution is -0.139. The van der Waals surface area contributed by atoms with Crippen molar-refractivity contribution in [2.45, 2.75) is 31.5 Å². The third-order valence-electron chi connectivity index (χ3n) is 2.75. The Hall–Kier alpha value is -2.43. The van der Waals surface area contributed by atoms with Gasteiger partial charge in [0.1, 0.15) is 0 Å².